The van der Waals surface area contributed by atoms with Gasteiger partial charge in [0.25, 0.3) is 0 Å². The zero-order valence-electron chi connectivity index (χ0n) is 10.9. The first-order valence-corrected chi connectivity index (χ1v) is 7.60. The predicted molar refractivity (Wildman–Crippen MR) is 76.3 cm³/mol. The normalized spacial score (nSPS) is 17.6. The highest BCUT2D eigenvalue weighted by atomic mass is 79.9. The summed E-state index contributed by atoms with van der Waals surface area (Å²) < 4.78 is 1.15. The van der Waals surface area contributed by atoms with Gasteiger partial charge in [-0.05, 0) is 45.8 Å². The summed E-state index contributed by atoms with van der Waals surface area (Å²) in [6.07, 6.45) is 10.2. The van der Waals surface area contributed by atoms with Crippen molar-refractivity contribution in [1.29, 1.82) is 0 Å². The van der Waals surface area contributed by atoms with Crippen molar-refractivity contribution < 1.29 is 0 Å². The van der Waals surface area contributed by atoms with Crippen molar-refractivity contribution >= 4 is 15.9 Å². The van der Waals surface area contributed by atoms with E-state index in [1.165, 1.54) is 49.8 Å². The van der Waals surface area contributed by atoms with Crippen LogP contribution in [0.2, 0.25) is 0 Å². The zero-order chi connectivity index (χ0) is 12.3. The standard InChI is InChI=1S/C15H22BrN/c1-11(2)14-9-13(17-10-15(14)16)8-12-6-4-3-5-7-12/h9-12H,3-8H2,1-2H3. The molecule has 2 rings (SSSR count). The molecule has 0 aliphatic heterocycles. The Morgan fingerprint density at radius 1 is 1.29 bits per heavy atom. The van der Waals surface area contributed by atoms with E-state index in [0.717, 1.165) is 10.4 Å². The molecule has 0 unspecified atom stereocenters. The van der Waals surface area contributed by atoms with E-state index in [0.29, 0.717) is 5.92 Å². The number of hydrogen-bond donors (Lipinski definition) is 0. The van der Waals surface area contributed by atoms with Gasteiger partial charge >= 0.3 is 0 Å². The molecule has 0 N–H and O–H groups in total. The molecule has 0 spiro atoms. The van der Waals surface area contributed by atoms with Crippen molar-refractivity contribution in [3.63, 3.8) is 0 Å². The second-order valence-corrected chi connectivity index (χ2v) is 6.41. The summed E-state index contributed by atoms with van der Waals surface area (Å²) in [4.78, 5) is 4.57. The van der Waals surface area contributed by atoms with Crippen LogP contribution in [0.5, 0.6) is 0 Å². The molecule has 1 aromatic rings. The maximum atomic E-state index is 4.57. The molecule has 17 heavy (non-hydrogen) atoms. The Morgan fingerprint density at radius 3 is 2.65 bits per heavy atom. The number of hydrogen-bond acceptors (Lipinski definition) is 1. The van der Waals surface area contributed by atoms with Gasteiger partial charge in [-0.15, -0.1) is 0 Å². The van der Waals surface area contributed by atoms with Gasteiger partial charge in [-0.2, -0.15) is 0 Å². The molecule has 0 atom stereocenters. The molecule has 0 saturated heterocycles. The van der Waals surface area contributed by atoms with E-state index in [2.05, 4.69) is 40.8 Å². The first kappa shape index (κ1) is 13.1. The van der Waals surface area contributed by atoms with Gasteiger partial charge in [0, 0.05) is 16.4 Å². The number of aromatic nitrogens is 1. The van der Waals surface area contributed by atoms with Gasteiger partial charge in [0.2, 0.25) is 0 Å². The predicted octanol–water partition coefficient (Wildman–Crippen LogP) is 5.09. The Hall–Kier alpha value is -0.370. The molecule has 1 aliphatic carbocycles. The number of nitrogens with zero attached hydrogens (tertiary/aromatic N) is 1. The highest BCUT2D eigenvalue weighted by Gasteiger charge is 2.15. The molecule has 94 valence electrons. The summed E-state index contributed by atoms with van der Waals surface area (Å²) in [5.74, 6) is 1.44. The van der Waals surface area contributed by atoms with E-state index >= 15 is 0 Å². The van der Waals surface area contributed by atoms with Gasteiger partial charge < -0.3 is 0 Å². The van der Waals surface area contributed by atoms with Crippen molar-refractivity contribution in [1.82, 2.24) is 4.98 Å². The van der Waals surface area contributed by atoms with Crippen LogP contribution in [0.15, 0.2) is 16.7 Å². The molecule has 1 aliphatic rings. The van der Waals surface area contributed by atoms with E-state index in [1.54, 1.807) is 0 Å². The SMILES string of the molecule is CC(C)c1cc(CC2CCCCC2)ncc1Br. The van der Waals surface area contributed by atoms with E-state index < -0.39 is 0 Å². The molecule has 1 aromatic heterocycles. The molecule has 0 bridgehead atoms. The van der Waals surface area contributed by atoms with E-state index in [1.807, 2.05) is 6.20 Å². The molecule has 0 radical (unpaired) electrons. The van der Waals surface area contributed by atoms with Crippen LogP contribution >= 0.6 is 15.9 Å². The minimum Gasteiger partial charge on any atom is -0.260 e. The summed E-state index contributed by atoms with van der Waals surface area (Å²) in [5, 5.41) is 0. The summed E-state index contributed by atoms with van der Waals surface area (Å²) in [6.45, 7) is 4.48. The van der Waals surface area contributed by atoms with Crippen molar-refractivity contribution in [2.75, 3.05) is 0 Å². The van der Waals surface area contributed by atoms with Crippen LogP contribution in [0.4, 0.5) is 0 Å². The zero-order valence-corrected chi connectivity index (χ0v) is 12.5. The summed E-state index contributed by atoms with van der Waals surface area (Å²) >= 11 is 3.59. The third-order valence-electron chi connectivity index (χ3n) is 3.79. The third-order valence-corrected chi connectivity index (χ3v) is 4.45. The van der Waals surface area contributed by atoms with Crippen LogP contribution in [-0.4, -0.2) is 4.98 Å². The molecule has 1 fully saturated rings. The second kappa shape index (κ2) is 5.99. The Bertz CT molecular complexity index is 367. The van der Waals surface area contributed by atoms with Gasteiger partial charge in [-0.3, -0.25) is 4.98 Å². The van der Waals surface area contributed by atoms with Gasteiger partial charge in [-0.25, -0.2) is 0 Å². The molecule has 1 saturated carbocycles. The molecular weight excluding hydrogens is 274 g/mol. The maximum absolute atomic E-state index is 4.57. The molecule has 0 aromatic carbocycles. The lowest BCUT2D eigenvalue weighted by molar-refractivity contribution is 0.354. The quantitative estimate of drug-likeness (QED) is 0.757. The second-order valence-electron chi connectivity index (χ2n) is 5.56. The Morgan fingerprint density at radius 2 is 2.00 bits per heavy atom. The van der Waals surface area contributed by atoms with Crippen molar-refractivity contribution in [3.05, 3.63) is 28.0 Å². The molecular formula is C15H22BrN. The third kappa shape index (κ3) is 3.54. The fourth-order valence-electron chi connectivity index (χ4n) is 2.74. The fourth-order valence-corrected chi connectivity index (χ4v) is 3.42. The van der Waals surface area contributed by atoms with Crippen LogP contribution in [0.25, 0.3) is 0 Å². The van der Waals surface area contributed by atoms with Crippen molar-refractivity contribution in [3.8, 4) is 0 Å². The van der Waals surface area contributed by atoms with Crippen molar-refractivity contribution in [2.45, 2.75) is 58.3 Å². The number of pyridine rings is 1. The topological polar surface area (TPSA) is 12.9 Å². The minimum atomic E-state index is 0.567. The first-order valence-electron chi connectivity index (χ1n) is 6.81. The number of rotatable bonds is 3. The summed E-state index contributed by atoms with van der Waals surface area (Å²) in [6, 6.07) is 2.29. The van der Waals surface area contributed by atoms with Crippen LogP contribution in [0.3, 0.4) is 0 Å². The maximum Gasteiger partial charge on any atom is 0.0416 e. The fraction of sp³-hybridized carbons (Fsp3) is 0.667. The van der Waals surface area contributed by atoms with E-state index in [-0.39, 0.29) is 0 Å². The van der Waals surface area contributed by atoms with E-state index in [4.69, 9.17) is 0 Å². The average Bonchev–Trinajstić information content (AvgIpc) is 2.32. The van der Waals surface area contributed by atoms with Crippen LogP contribution in [0.1, 0.15) is 63.1 Å². The first-order chi connectivity index (χ1) is 8.16. The van der Waals surface area contributed by atoms with Crippen LogP contribution in [-0.2, 0) is 6.42 Å². The minimum absolute atomic E-state index is 0.567. The van der Waals surface area contributed by atoms with Crippen molar-refractivity contribution in [2.24, 2.45) is 5.92 Å². The Balaban J connectivity index is 2.07. The highest BCUT2D eigenvalue weighted by molar-refractivity contribution is 9.10. The smallest absolute Gasteiger partial charge is 0.0416 e. The molecule has 1 heterocycles. The lowest BCUT2D eigenvalue weighted by Gasteiger charge is -2.21. The summed E-state index contributed by atoms with van der Waals surface area (Å²) in [7, 11) is 0. The molecule has 0 amide bonds. The Labute approximate surface area is 113 Å². The largest absolute Gasteiger partial charge is 0.260 e. The lowest BCUT2D eigenvalue weighted by atomic mass is 9.85. The van der Waals surface area contributed by atoms with Crippen LogP contribution in [0, 0.1) is 5.92 Å². The van der Waals surface area contributed by atoms with E-state index in [9.17, 15) is 0 Å². The van der Waals surface area contributed by atoms with Crippen LogP contribution < -0.4 is 0 Å². The van der Waals surface area contributed by atoms with Gasteiger partial charge in [0.15, 0.2) is 0 Å². The number of halogens is 1. The molecule has 1 nitrogen and oxygen atoms in total. The van der Waals surface area contributed by atoms with Gasteiger partial charge in [0.05, 0.1) is 0 Å². The lowest BCUT2D eigenvalue weighted by Crippen LogP contribution is -2.10. The monoisotopic (exact) mass is 295 g/mol. The Kier molecular flexibility index (Phi) is 4.61. The van der Waals surface area contributed by atoms with Gasteiger partial charge in [-0.1, -0.05) is 46.0 Å². The molecule has 2 heteroatoms. The average molecular weight is 296 g/mol. The van der Waals surface area contributed by atoms with Gasteiger partial charge in [0.1, 0.15) is 0 Å². The summed E-state index contributed by atoms with van der Waals surface area (Å²) in [5.41, 5.74) is 2.68. The highest BCUT2D eigenvalue weighted by Crippen LogP contribution is 2.29.